The lowest BCUT2D eigenvalue weighted by Crippen LogP contribution is -2.73. The third-order valence-corrected chi connectivity index (χ3v) is 6.21. The van der Waals surface area contributed by atoms with Gasteiger partial charge in [-0.25, -0.2) is 0 Å². The maximum Gasteiger partial charge on any atom is 0.246 e. The van der Waals surface area contributed by atoms with Gasteiger partial charge in [0.15, 0.2) is 0 Å². The molecule has 2 fully saturated rings. The molecule has 0 saturated carbocycles. The zero-order valence-corrected chi connectivity index (χ0v) is 17.6. The van der Waals surface area contributed by atoms with Crippen LogP contribution in [0.1, 0.15) is 52.0 Å². The Morgan fingerprint density at radius 1 is 1.11 bits per heavy atom. The van der Waals surface area contributed by atoms with Crippen LogP contribution in [-0.4, -0.2) is 59.4 Å². The molecule has 2 amide bonds. The molecular weight excluding hydrogens is 350 g/mol. The molecule has 1 N–H and O–H groups in total. The summed E-state index contributed by atoms with van der Waals surface area (Å²) in [5.41, 5.74) is 0.696. The molecule has 1 atom stereocenters. The number of carbonyl (C=O) groups excluding carboxylic acids is 2. The Labute approximate surface area is 169 Å². The summed E-state index contributed by atoms with van der Waals surface area (Å²) in [6.45, 7) is 9.67. The molecule has 0 radical (unpaired) electrons. The number of nitrogens with zero attached hydrogens (tertiary/aromatic N) is 2. The van der Waals surface area contributed by atoms with Crippen molar-refractivity contribution in [3.8, 4) is 0 Å². The van der Waals surface area contributed by atoms with E-state index in [0.29, 0.717) is 18.9 Å². The molecule has 2 aliphatic heterocycles. The predicted molar refractivity (Wildman–Crippen MR) is 112 cm³/mol. The fourth-order valence-electron chi connectivity index (χ4n) is 4.63. The SMILES string of the molecule is CCCN1C(=O)C(CC(C)C)NC(=O)C12CCN(CCc1ccccc1)CC2. The van der Waals surface area contributed by atoms with Gasteiger partial charge in [-0.3, -0.25) is 9.59 Å². The highest BCUT2D eigenvalue weighted by Gasteiger charge is 2.53. The van der Waals surface area contributed by atoms with Gasteiger partial charge >= 0.3 is 0 Å². The van der Waals surface area contributed by atoms with Gasteiger partial charge in [0.1, 0.15) is 11.6 Å². The smallest absolute Gasteiger partial charge is 0.246 e. The second kappa shape index (κ2) is 9.08. The van der Waals surface area contributed by atoms with Crippen molar-refractivity contribution in [3.05, 3.63) is 35.9 Å². The van der Waals surface area contributed by atoms with E-state index in [-0.39, 0.29) is 17.9 Å². The molecule has 2 saturated heterocycles. The van der Waals surface area contributed by atoms with Gasteiger partial charge in [0.05, 0.1) is 0 Å². The summed E-state index contributed by atoms with van der Waals surface area (Å²) >= 11 is 0. The maximum atomic E-state index is 13.2. The van der Waals surface area contributed by atoms with Crippen LogP contribution in [0.15, 0.2) is 30.3 Å². The highest BCUT2D eigenvalue weighted by molar-refractivity contribution is 6.00. The topological polar surface area (TPSA) is 52.7 Å². The zero-order chi connectivity index (χ0) is 20.1. The first-order valence-electron chi connectivity index (χ1n) is 10.8. The van der Waals surface area contributed by atoms with Crippen LogP contribution in [0.4, 0.5) is 0 Å². The number of carbonyl (C=O) groups is 2. The number of hydrogen-bond acceptors (Lipinski definition) is 3. The number of nitrogens with one attached hydrogen (secondary N) is 1. The number of hydrogen-bond donors (Lipinski definition) is 1. The zero-order valence-electron chi connectivity index (χ0n) is 17.6. The normalized spacial score (nSPS) is 22.7. The standard InChI is InChI=1S/C23H35N3O2/c1-4-13-26-21(27)20(17-18(2)3)24-22(28)23(26)11-15-25(16-12-23)14-10-19-8-6-5-7-9-19/h5-9,18,20H,4,10-17H2,1-3H3,(H,24,28). The van der Waals surface area contributed by atoms with E-state index in [1.807, 2.05) is 11.0 Å². The van der Waals surface area contributed by atoms with Gasteiger partial charge in [-0.15, -0.1) is 0 Å². The van der Waals surface area contributed by atoms with Crippen LogP contribution < -0.4 is 5.32 Å². The van der Waals surface area contributed by atoms with Gasteiger partial charge in [0, 0.05) is 26.2 Å². The monoisotopic (exact) mass is 385 g/mol. The minimum absolute atomic E-state index is 0.0638. The molecule has 0 bridgehead atoms. The number of rotatable bonds is 7. The third kappa shape index (κ3) is 4.40. The summed E-state index contributed by atoms with van der Waals surface area (Å²) in [5.74, 6) is 0.563. The Kier molecular flexibility index (Phi) is 6.76. The highest BCUT2D eigenvalue weighted by atomic mass is 16.2. The molecule has 2 aliphatic rings. The van der Waals surface area contributed by atoms with Crippen molar-refractivity contribution in [1.29, 1.82) is 0 Å². The predicted octanol–water partition coefficient (Wildman–Crippen LogP) is 2.85. The molecule has 1 unspecified atom stereocenters. The van der Waals surface area contributed by atoms with Crippen molar-refractivity contribution < 1.29 is 9.59 Å². The van der Waals surface area contributed by atoms with Crippen molar-refractivity contribution in [1.82, 2.24) is 15.1 Å². The van der Waals surface area contributed by atoms with E-state index in [2.05, 4.69) is 55.3 Å². The maximum absolute atomic E-state index is 13.2. The van der Waals surface area contributed by atoms with E-state index in [9.17, 15) is 9.59 Å². The van der Waals surface area contributed by atoms with Crippen LogP contribution in [0.3, 0.4) is 0 Å². The number of likely N-dealkylation sites (tertiary alicyclic amines) is 1. The Hall–Kier alpha value is -1.88. The molecule has 0 aliphatic carbocycles. The molecule has 1 aromatic rings. The van der Waals surface area contributed by atoms with Crippen molar-refractivity contribution >= 4 is 11.8 Å². The largest absolute Gasteiger partial charge is 0.342 e. The molecule has 5 heteroatoms. The minimum Gasteiger partial charge on any atom is -0.342 e. The minimum atomic E-state index is -0.649. The van der Waals surface area contributed by atoms with Crippen molar-refractivity contribution in [2.24, 2.45) is 5.92 Å². The summed E-state index contributed by atoms with van der Waals surface area (Å²) in [4.78, 5) is 30.7. The van der Waals surface area contributed by atoms with Gasteiger partial charge in [0.2, 0.25) is 11.8 Å². The Bertz CT molecular complexity index is 666. The van der Waals surface area contributed by atoms with E-state index in [4.69, 9.17) is 0 Å². The molecule has 0 aromatic heterocycles. The average Bonchev–Trinajstić information content (AvgIpc) is 2.69. The Balaban J connectivity index is 1.65. The first-order valence-corrected chi connectivity index (χ1v) is 10.8. The fourth-order valence-corrected chi connectivity index (χ4v) is 4.63. The number of piperidine rings is 1. The van der Waals surface area contributed by atoms with E-state index in [1.165, 1.54) is 5.56 Å². The van der Waals surface area contributed by atoms with Crippen molar-refractivity contribution in [2.75, 3.05) is 26.2 Å². The molecule has 5 nitrogen and oxygen atoms in total. The highest BCUT2D eigenvalue weighted by Crippen LogP contribution is 2.34. The Morgan fingerprint density at radius 2 is 1.79 bits per heavy atom. The van der Waals surface area contributed by atoms with Gasteiger partial charge in [0.25, 0.3) is 0 Å². The van der Waals surface area contributed by atoms with Gasteiger partial charge < -0.3 is 15.1 Å². The van der Waals surface area contributed by atoms with Crippen LogP contribution in [0.25, 0.3) is 0 Å². The van der Waals surface area contributed by atoms with E-state index < -0.39 is 5.54 Å². The summed E-state index contributed by atoms with van der Waals surface area (Å²) in [7, 11) is 0. The molecule has 1 aromatic carbocycles. The quantitative estimate of drug-likeness (QED) is 0.785. The molecule has 1 spiro atoms. The first-order chi connectivity index (χ1) is 13.5. The molecule has 28 heavy (non-hydrogen) atoms. The van der Waals surface area contributed by atoms with Crippen LogP contribution in [-0.2, 0) is 16.0 Å². The fraction of sp³-hybridized carbons (Fsp3) is 0.652. The molecular formula is C23H35N3O2. The van der Waals surface area contributed by atoms with E-state index >= 15 is 0 Å². The first kappa shape index (κ1) is 20.8. The third-order valence-electron chi connectivity index (χ3n) is 6.21. The molecule has 2 heterocycles. The summed E-state index contributed by atoms with van der Waals surface area (Å²) in [6.07, 6.45) is 4.08. The molecule has 3 rings (SSSR count). The van der Waals surface area contributed by atoms with Crippen molar-refractivity contribution in [3.63, 3.8) is 0 Å². The Morgan fingerprint density at radius 3 is 2.39 bits per heavy atom. The lowest BCUT2D eigenvalue weighted by molar-refractivity contribution is -0.161. The van der Waals surface area contributed by atoms with Gasteiger partial charge in [-0.1, -0.05) is 51.1 Å². The summed E-state index contributed by atoms with van der Waals surface area (Å²) in [6, 6.07) is 10.2. The summed E-state index contributed by atoms with van der Waals surface area (Å²) in [5, 5.41) is 3.07. The molecule has 154 valence electrons. The summed E-state index contributed by atoms with van der Waals surface area (Å²) < 4.78 is 0. The van der Waals surface area contributed by atoms with Crippen LogP contribution in [0.5, 0.6) is 0 Å². The average molecular weight is 386 g/mol. The number of piperazine rings is 1. The van der Waals surface area contributed by atoms with Crippen molar-refractivity contribution in [2.45, 2.75) is 64.5 Å². The number of benzene rings is 1. The lowest BCUT2D eigenvalue weighted by atomic mass is 9.80. The van der Waals surface area contributed by atoms with Crippen LogP contribution in [0, 0.1) is 5.92 Å². The second-order valence-corrected chi connectivity index (χ2v) is 8.75. The lowest BCUT2D eigenvalue weighted by Gasteiger charge is -2.52. The van der Waals surface area contributed by atoms with Gasteiger partial charge in [-0.2, -0.15) is 0 Å². The van der Waals surface area contributed by atoms with E-state index in [1.54, 1.807) is 0 Å². The number of amides is 2. The van der Waals surface area contributed by atoms with Crippen LogP contribution in [0.2, 0.25) is 0 Å². The van der Waals surface area contributed by atoms with E-state index in [0.717, 1.165) is 45.3 Å². The second-order valence-electron chi connectivity index (χ2n) is 8.75. The van der Waals surface area contributed by atoms with Crippen LogP contribution >= 0.6 is 0 Å². The van der Waals surface area contributed by atoms with Gasteiger partial charge in [-0.05, 0) is 43.6 Å².